The molecule has 1 aromatic heterocycles. The standard InChI is InChI=1S/C20H28N2O2/c1-14(2)22-9-7-17(8-10-22)21(4)20(23)12-16-13-24-19-11-15(3)5-6-18(16)19/h5-6,11,13-14,17H,7-10,12H2,1-4H3. The molecule has 0 unspecified atom stereocenters. The molecule has 0 saturated carbocycles. The van der Waals surface area contributed by atoms with Crippen molar-refractivity contribution in [3.8, 4) is 0 Å². The van der Waals surface area contributed by atoms with Crippen LogP contribution in [0.4, 0.5) is 0 Å². The predicted molar refractivity (Wildman–Crippen MR) is 97.2 cm³/mol. The van der Waals surface area contributed by atoms with Gasteiger partial charge in [0.1, 0.15) is 5.58 Å². The van der Waals surface area contributed by atoms with E-state index in [4.69, 9.17) is 4.42 Å². The highest BCUT2D eigenvalue weighted by Crippen LogP contribution is 2.24. The maximum atomic E-state index is 12.7. The fourth-order valence-electron chi connectivity index (χ4n) is 3.61. The fraction of sp³-hybridized carbons (Fsp3) is 0.550. The second kappa shape index (κ2) is 6.98. The minimum Gasteiger partial charge on any atom is -0.464 e. The molecule has 2 aromatic rings. The highest BCUT2D eigenvalue weighted by Gasteiger charge is 2.26. The molecule has 1 aromatic carbocycles. The Labute approximate surface area is 144 Å². The van der Waals surface area contributed by atoms with E-state index in [2.05, 4.69) is 30.9 Å². The van der Waals surface area contributed by atoms with Gasteiger partial charge in [0, 0.05) is 43.2 Å². The number of carbonyl (C=O) groups excluding carboxylic acids is 1. The number of benzene rings is 1. The normalized spacial score (nSPS) is 16.9. The number of likely N-dealkylation sites (N-methyl/N-ethyl adjacent to an activating group) is 1. The molecule has 0 bridgehead atoms. The second-order valence-corrected chi connectivity index (χ2v) is 7.30. The number of piperidine rings is 1. The van der Waals surface area contributed by atoms with Gasteiger partial charge in [0.05, 0.1) is 12.7 Å². The van der Waals surface area contributed by atoms with Crippen molar-refractivity contribution in [3.05, 3.63) is 35.6 Å². The van der Waals surface area contributed by atoms with Crippen LogP contribution in [0.3, 0.4) is 0 Å². The fourth-order valence-corrected chi connectivity index (χ4v) is 3.61. The summed E-state index contributed by atoms with van der Waals surface area (Å²) >= 11 is 0. The third-order valence-corrected chi connectivity index (χ3v) is 5.32. The molecule has 0 spiro atoms. The van der Waals surface area contributed by atoms with Crippen molar-refractivity contribution in [2.75, 3.05) is 20.1 Å². The predicted octanol–water partition coefficient (Wildman–Crippen LogP) is 3.61. The summed E-state index contributed by atoms with van der Waals surface area (Å²) in [6.45, 7) is 8.67. The van der Waals surface area contributed by atoms with Gasteiger partial charge in [-0.2, -0.15) is 0 Å². The minimum atomic E-state index is 0.182. The third kappa shape index (κ3) is 3.48. The van der Waals surface area contributed by atoms with Gasteiger partial charge in [0.2, 0.25) is 5.91 Å². The number of likely N-dealkylation sites (tertiary alicyclic amines) is 1. The molecule has 4 nitrogen and oxygen atoms in total. The van der Waals surface area contributed by atoms with Crippen LogP contribution in [0.2, 0.25) is 0 Å². The highest BCUT2D eigenvalue weighted by molar-refractivity contribution is 5.88. The van der Waals surface area contributed by atoms with Crippen LogP contribution in [-0.2, 0) is 11.2 Å². The highest BCUT2D eigenvalue weighted by atomic mass is 16.3. The largest absolute Gasteiger partial charge is 0.464 e. The van der Waals surface area contributed by atoms with Gasteiger partial charge >= 0.3 is 0 Å². The summed E-state index contributed by atoms with van der Waals surface area (Å²) in [7, 11) is 1.95. The van der Waals surface area contributed by atoms with Gasteiger partial charge < -0.3 is 14.2 Å². The molecule has 1 fully saturated rings. The Morgan fingerprint density at radius 3 is 2.71 bits per heavy atom. The van der Waals surface area contributed by atoms with Crippen LogP contribution in [0.25, 0.3) is 11.0 Å². The van der Waals surface area contributed by atoms with E-state index < -0.39 is 0 Å². The maximum absolute atomic E-state index is 12.7. The molecule has 1 amide bonds. The van der Waals surface area contributed by atoms with E-state index in [0.717, 1.165) is 42.5 Å². The first kappa shape index (κ1) is 17.0. The number of nitrogens with zero attached hydrogens (tertiary/aromatic N) is 2. The van der Waals surface area contributed by atoms with Crippen molar-refractivity contribution in [3.63, 3.8) is 0 Å². The SMILES string of the molecule is Cc1ccc2c(CC(=O)N(C)C3CCN(C(C)C)CC3)coc2c1. The Balaban J connectivity index is 1.64. The quantitative estimate of drug-likeness (QED) is 0.860. The van der Waals surface area contributed by atoms with Crippen LogP contribution in [0.15, 0.2) is 28.9 Å². The summed E-state index contributed by atoms with van der Waals surface area (Å²) in [5.41, 5.74) is 3.02. The van der Waals surface area contributed by atoms with E-state index in [1.165, 1.54) is 5.56 Å². The molecule has 1 saturated heterocycles. The van der Waals surface area contributed by atoms with Crippen molar-refractivity contribution < 1.29 is 9.21 Å². The van der Waals surface area contributed by atoms with Gasteiger partial charge in [-0.15, -0.1) is 0 Å². The van der Waals surface area contributed by atoms with Crippen LogP contribution in [0.1, 0.15) is 37.8 Å². The van der Waals surface area contributed by atoms with Crippen LogP contribution < -0.4 is 0 Å². The van der Waals surface area contributed by atoms with Crippen LogP contribution >= 0.6 is 0 Å². The van der Waals surface area contributed by atoms with E-state index >= 15 is 0 Å². The number of fused-ring (bicyclic) bond motifs is 1. The summed E-state index contributed by atoms with van der Waals surface area (Å²) in [6, 6.07) is 7.09. The van der Waals surface area contributed by atoms with Gasteiger partial charge in [-0.1, -0.05) is 12.1 Å². The first-order valence-corrected chi connectivity index (χ1v) is 8.92. The van der Waals surface area contributed by atoms with Gasteiger partial charge in [0.15, 0.2) is 0 Å². The van der Waals surface area contributed by atoms with E-state index in [-0.39, 0.29) is 5.91 Å². The van der Waals surface area contributed by atoms with Crippen molar-refractivity contribution in [2.45, 2.75) is 52.1 Å². The maximum Gasteiger partial charge on any atom is 0.227 e. The Kier molecular flexibility index (Phi) is 4.95. The molecular weight excluding hydrogens is 300 g/mol. The number of amides is 1. The third-order valence-electron chi connectivity index (χ3n) is 5.32. The lowest BCUT2D eigenvalue weighted by atomic mass is 10.0. The second-order valence-electron chi connectivity index (χ2n) is 7.30. The zero-order valence-corrected chi connectivity index (χ0v) is 15.2. The first-order valence-electron chi connectivity index (χ1n) is 8.92. The lowest BCUT2D eigenvalue weighted by molar-refractivity contribution is -0.132. The number of carbonyl (C=O) groups is 1. The van der Waals surface area contributed by atoms with Crippen molar-refractivity contribution >= 4 is 16.9 Å². The molecule has 0 radical (unpaired) electrons. The molecule has 2 heterocycles. The molecule has 0 aliphatic carbocycles. The molecule has 130 valence electrons. The van der Waals surface area contributed by atoms with Crippen LogP contribution in [0, 0.1) is 6.92 Å². The van der Waals surface area contributed by atoms with Crippen molar-refractivity contribution in [2.24, 2.45) is 0 Å². The summed E-state index contributed by atoms with van der Waals surface area (Å²) in [6.07, 6.45) is 4.27. The summed E-state index contributed by atoms with van der Waals surface area (Å²) in [5, 5.41) is 1.05. The molecule has 0 N–H and O–H groups in total. The number of hydrogen-bond donors (Lipinski definition) is 0. The molecule has 1 aliphatic rings. The summed E-state index contributed by atoms with van der Waals surface area (Å²) < 4.78 is 5.62. The smallest absolute Gasteiger partial charge is 0.227 e. The van der Waals surface area contributed by atoms with Gasteiger partial charge in [-0.3, -0.25) is 4.79 Å². The lowest BCUT2D eigenvalue weighted by Crippen LogP contribution is -2.47. The number of hydrogen-bond acceptors (Lipinski definition) is 3. The number of furan rings is 1. The van der Waals surface area contributed by atoms with Gasteiger partial charge in [-0.05, 0) is 45.2 Å². The Morgan fingerprint density at radius 2 is 2.04 bits per heavy atom. The van der Waals surface area contributed by atoms with E-state index in [1.54, 1.807) is 6.26 Å². The van der Waals surface area contributed by atoms with Crippen molar-refractivity contribution in [1.29, 1.82) is 0 Å². The molecular formula is C20H28N2O2. The molecule has 0 atom stereocenters. The zero-order chi connectivity index (χ0) is 17.3. The monoisotopic (exact) mass is 328 g/mol. The summed E-state index contributed by atoms with van der Waals surface area (Å²) in [5.74, 6) is 0.182. The number of rotatable bonds is 4. The molecule has 1 aliphatic heterocycles. The van der Waals surface area contributed by atoms with Gasteiger partial charge in [0.25, 0.3) is 0 Å². The average Bonchev–Trinajstić information content (AvgIpc) is 2.96. The van der Waals surface area contributed by atoms with E-state index in [9.17, 15) is 4.79 Å². The van der Waals surface area contributed by atoms with E-state index in [1.807, 2.05) is 24.9 Å². The lowest BCUT2D eigenvalue weighted by Gasteiger charge is -2.38. The molecule has 24 heavy (non-hydrogen) atoms. The van der Waals surface area contributed by atoms with Gasteiger partial charge in [-0.25, -0.2) is 0 Å². The Hall–Kier alpha value is -1.81. The van der Waals surface area contributed by atoms with Crippen LogP contribution in [-0.4, -0.2) is 47.9 Å². The first-order chi connectivity index (χ1) is 11.5. The zero-order valence-electron chi connectivity index (χ0n) is 15.2. The van der Waals surface area contributed by atoms with E-state index in [0.29, 0.717) is 18.5 Å². The molecule has 4 heteroatoms. The minimum absolute atomic E-state index is 0.182. The topological polar surface area (TPSA) is 36.7 Å². The Bertz CT molecular complexity index is 711. The van der Waals surface area contributed by atoms with Crippen LogP contribution in [0.5, 0.6) is 0 Å². The average molecular weight is 328 g/mol. The Morgan fingerprint density at radius 1 is 1.33 bits per heavy atom. The molecule has 3 rings (SSSR count). The summed E-state index contributed by atoms with van der Waals surface area (Å²) in [4.78, 5) is 17.1. The number of aryl methyl sites for hydroxylation is 1. The van der Waals surface area contributed by atoms with Crippen molar-refractivity contribution in [1.82, 2.24) is 9.80 Å².